The van der Waals surface area contributed by atoms with Crippen molar-refractivity contribution in [3.63, 3.8) is 0 Å². The van der Waals surface area contributed by atoms with Crippen molar-refractivity contribution < 1.29 is 9.53 Å². The van der Waals surface area contributed by atoms with Crippen molar-refractivity contribution in [3.8, 4) is 5.75 Å². The summed E-state index contributed by atoms with van der Waals surface area (Å²) in [7, 11) is 0. The molecule has 4 heteroatoms. The maximum Gasteiger partial charge on any atom is 0.166 e. The molecular formula is C16H14Cl2O2. The summed E-state index contributed by atoms with van der Waals surface area (Å²) in [5, 5.41) is 0.971. The summed E-state index contributed by atoms with van der Waals surface area (Å²) in [6, 6.07) is 12.6. The molecule has 0 saturated carbocycles. The van der Waals surface area contributed by atoms with Crippen molar-refractivity contribution in [1.29, 1.82) is 0 Å². The van der Waals surface area contributed by atoms with E-state index in [1.54, 1.807) is 18.2 Å². The average Bonchev–Trinajstić information content (AvgIpc) is 2.48. The highest BCUT2D eigenvalue weighted by Gasteiger charge is 2.11. The standard InChI is InChI=1S/C16H14Cl2O2/c1-2-14(19)12-7-3-4-9-15(12)20-10-11-6-5-8-13(17)16(11)18/h3-9H,2,10H2,1H3. The molecule has 2 aromatic carbocycles. The van der Waals surface area contributed by atoms with Crippen LogP contribution in [0.2, 0.25) is 10.0 Å². The van der Waals surface area contributed by atoms with Gasteiger partial charge in [0, 0.05) is 12.0 Å². The van der Waals surface area contributed by atoms with Crippen molar-refractivity contribution in [2.24, 2.45) is 0 Å². The summed E-state index contributed by atoms with van der Waals surface area (Å²) in [6.45, 7) is 2.10. The zero-order valence-electron chi connectivity index (χ0n) is 11.0. The van der Waals surface area contributed by atoms with Crippen molar-refractivity contribution in [2.45, 2.75) is 20.0 Å². The molecule has 0 aliphatic heterocycles. The van der Waals surface area contributed by atoms with E-state index in [9.17, 15) is 4.79 Å². The molecule has 0 saturated heterocycles. The van der Waals surface area contributed by atoms with Crippen molar-refractivity contribution in [3.05, 3.63) is 63.6 Å². The van der Waals surface area contributed by atoms with Gasteiger partial charge in [0.05, 0.1) is 15.6 Å². The SMILES string of the molecule is CCC(=O)c1ccccc1OCc1cccc(Cl)c1Cl. The van der Waals surface area contributed by atoms with Crippen molar-refractivity contribution in [1.82, 2.24) is 0 Å². The molecule has 0 unspecified atom stereocenters. The first-order valence-electron chi connectivity index (χ1n) is 6.31. The number of hydrogen-bond acceptors (Lipinski definition) is 2. The second-order valence-corrected chi connectivity index (χ2v) is 5.06. The van der Waals surface area contributed by atoms with Gasteiger partial charge >= 0.3 is 0 Å². The molecule has 2 rings (SSSR count). The molecular weight excluding hydrogens is 295 g/mol. The molecule has 0 N–H and O–H groups in total. The predicted octanol–water partition coefficient (Wildman–Crippen LogP) is 5.17. The molecule has 0 aliphatic carbocycles. The zero-order chi connectivity index (χ0) is 14.5. The first kappa shape index (κ1) is 14.9. The van der Waals surface area contributed by atoms with Gasteiger partial charge in [-0.2, -0.15) is 0 Å². The van der Waals surface area contributed by atoms with Gasteiger partial charge in [-0.15, -0.1) is 0 Å². The van der Waals surface area contributed by atoms with Crippen LogP contribution in [0.4, 0.5) is 0 Å². The third-order valence-electron chi connectivity index (χ3n) is 2.92. The number of ether oxygens (including phenoxy) is 1. The zero-order valence-corrected chi connectivity index (χ0v) is 12.5. The summed E-state index contributed by atoms with van der Waals surface area (Å²) in [6.07, 6.45) is 0.443. The van der Waals surface area contributed by atoms with Crippen LogP contribution in [-0.4, -0.2) is 5.78 Å². The maximum atomic E-state index is 11.8. The van der Waals surface area contributed by atoms with E-state index in [1.807, 2.05) is 31.2 Å². The molecule has 2 nitrogen and oxygen atoms in total. The van der Waals surface area contributed by atoms with E-state index in [2.05, 4.69) is 0 Å². The lowest BCUT2D eigenvalue weighted by Gasteiger charge is -2.11. The molecule has 0 aliphatic rings. The van der Waals surface area contributed by atoms with Gasteiger partial charge in [0.25, 0.3) is 0 Å². The van der Waals surface area contributed by atoms with Crippen LogP contribution in [0.1, 0.15) is 29.3 Å². The van der Waals surface area contributed by atoms with Gasteiger partial charge < -0.3 is 4.74 Å². The Kier molecular flexibility index (Phi) is 5.05. The quantitative estimate of drug-likeness (QED) is 0.713. The van der Waals surface area contributed by atoms with Crippen LogP contribution in [0.25, 0.3) is 0 Å². The molecule has 0 bridgehead atoms. The molecule has 0 radical (unpaired) electrons. The van der Waals surface area contributed by atoms with E-state index in [-0.39, 0.29) is 12.4 Å². The molecule has 2 aromatic rings. The third-order valence-corrected chi connectivity index (χ3v) is 3.78. The number of rotatable bonds is 5. The number of carbonyl (C=O) groups excluding carboxylic acids is 1. The third kappa shape index (κ3) is 3.33. The first-order chi connectivity index (χ1) is 9.63. The first-order valence-corrected chi connectivity index (χ1v) is 7.07. The lowest BCUT2D eigenvalue weighted by atomic mass is 10.1. The highest BCUT2D eigenvalue weighted by Crippen LogP contribution is 2.27. The second-order valence-electron chi connectivity index (χ2n) is 4.27. The Labute approximate surface area is 128 Å². The highest BCUT2D eigenvalue weighted by atomic mass is 35.5. The van der Waals surface area contributed by atoms with E-state index in [0.717, 1.165) is 5.56 Å². The van der Waals surface area contributed by atoms with E-state index in [1.165, 1.54) is 0 Å². The minimum absolute atomic E-state index is 0.0535. The number of Topliss-reactive ketones (excluding diaryl/α,β-unsaturated/α-hetero) is 1. The molecule has 0 fully saturated rings. The van der Waals surface area contributed by atoms with Crippen LogP contribution in [-0.2, 0) is 6.61 Å². The molecule has 0 amide bonds. The Morgan fingerprint density at radius 1 is 1.10 bits per heavy atom. The van der Waals surface area contributed by atoms with Gasteiger partial charge in [-0.3, -0.25) is 4.79 Å². The van der Waals surface area contributed by atoms with Crippen LogP contribution >= 0.6 is 23.2 Å². The normalized spacial score (nSPS) is 10.3. The van der Waals surface area contributed by atoms with Crippen molar-refractivity contribution >= 4 is 29.0 Å². The molecule has 104 valence electrons. The van der Waals surface area contributed by atoms with Crippen LogP contribution in [0.3, 0.4) is 0 Å². The Hall–Kier alpha value is -1.51. The monoisotopic (exact) mass is 308 g/mol. The maximum absolute atomic E-state index is 11.8. The van der Waals surface area contributed by atoms with Crippen LogP contribution in [0, 0.1) is 0 Å². The fraction of sp³-hybridized carbons (Fsp3) is 0.188. The number of carbonyl (C=O) groups is 1. The van der Waals surface area contributed by atoms with Gasteiger partial charge in [-0.25, -0.2) is 0 Å². The number of para-hydroxylation sites is 1. The number of ketones is 1. The molecule has 0 spiro atoms. The Morgan fingerprint density at radius 2 is 1.85 bits per heavy atom. The predicted molar refractivity (Wildman–Crippen MR) is 81.9 cm³/mol. The van der Waals surface area contributed by atoms with Crippen LogP contribution in [0.15, 0.2) is 42.5 Å². The molecule has 0 heterocycles. The molecule has 0 aromatic heterocycles. The minimum atomic E-state index is 0.0535. The van der Waals surface area contributed by atoms with Gasteiger partial charge in [-0.05, 0) is 18.2 Å². The smallest absolute Gasteiger partial charge is 0.166 e. The van der Waals surface area contributed by atoms with Crippen LogP contribution in [0.5, 0.6) is 5.75 Å². The number of halogens is 2. The van der Waals surface area contributed by atoms with Crippen molar-refractivity contribution in [2.75, 3.05) is 0 Å². The van der Waals surface area contributed by atoms with Gasteiger partial charge in [0.1, 0.15) is 12.4 Å². The summed E-state index contributed by atoms with van der Waals surface area (Å²) in [5.74, 6) is 0.619. The van der Waals surface area contributed by atoms with Crippen LogP contribution < -0.4 is 4.74 Å². The lowest BCUT2D eigenvalue weighted by Crippen LogP contribution is -2.03. The lowest BCUT2D eigenvalue weighted by molar-refractivity contribution is 0.0983. The number of hydrogen-bond donors (Lipinski definition) is 0. The summed E-state index contributed by atoms with van der Waals surface area (Å²) in [5.41, 5.74) is 1.38. The highest BCUT2D eigenvalue weighted by molar-refractivity contribution is 6.42. The minimum Gasteiger partial charge on any atom is -0.488 e. The van der Waals surface area contributed by atoms with E-state index < -0.39 is 0 Å². The summed E-state index contributed by atoms with van der Waals surface area (Å²) >= 11 is 12.1. The summed E-state index contributed by atoms with van der Waals surface area (Å²) in [4.78, 5) is 11.8. The van der Waals surface area contributed by atoms with Gasteiger partial charge in [0.15, 0.2) is 5.78 Å². The molecule has 0 atom stereocenters. The number of benzene rings is 2. The topological polar surface area (TPSA) is 26.3 Å². The Morgan fingerprint density at radius 3 is 2.60 bits per heavy atom. The summed E-state index contributed by atoms with van der Waals surface area (Å²) < 4.78 is 5.72. The average molecular weight is 309 g/mol. The Bertz CT molecular complexity index is 624. The van der Waals surface area contributed by atoms with E-state index in [0.29, 0.717) is 27.8 Å². The van der Waals surface area contributed by atoms with E-state index in [4.69, 9.17) is 27.9 Å². The second kappa shape index (κ2) is 6.78. The fourth-order valence-corrected chi connectivity index (χ4v) is 2.20. The fourth-order valence-electron chi connectivity index (χ4n) is 1.83. The Balaban J connectivity index is 2.19. The van der Waals surface area contributed by atoms with Gasteiger partial charge in [-0.1, -0.05) is 54.4 Å². The molecule has 20 heavy (non-hydrogen) atoms. The largest absolute Gasteiger partial charge is 0.488 e. The van der Waals surface area contributed by atoms with Gasteiger partial charge in [0.2, 0.25) is 0 Å². The van der Waals surface area contributed by atoms with E-state index >= 15 is 0 Å².